The third-order valence-electron chi connectivity index (χ3n) is 4.39. The van der Waals surface area contributed by atoms with E-state index < -0.39 is 0 Å². The predicted octanol–water partition coefficient (Wildman–Crippen LogP) is 2.21. The molecule has 5 heteroatoms. The Bertz CT molecular complexity index is 594. The lowest BCUT2D eigenvalue weighted by atomic mass is 10.2. The molecule has 4 rings (SSSR count). The molecule has 1 unspecified atom stereocenters. The molecule has 2 aromatic heterocycles. The van der Waals surface area contributed by atoms with Gasteiger partial charge < -0.3 is 9.64 Å². The Hall–Kier alpha value is -1.17. The van der Waals surface area contributed by atoms with Gasteiger partial charge in [-0.1, -0.05) is 0 Å². The molecular formula is C15H19N3OS. The van der Waals surface area contributed by atoms with Gasteiger partial charge in [0.2, 0.25) is 0 Å². The maximum atomic E-state index is 5.46. The van der Waals surface area contributed by atoms with E-state index >= 15 is 0 Å². The summed E-state index contributed by atoms with van der Waals surface area (Å²) in [6.07, 6.45) is 3.20. The number of rotatable bonds is 2. The van der Waals surface area contributed by atoms with Crippen LogP contribution in [0.25, 0.3) is 10.2 Å². The number of hydrogen-bond acceptors (Lipinski definition) is 5. The van der Waals surface area contributed by atoms with Gasteiger partial charge >= 0.3 is 0 Å². The van der Waals surface area contributed by atoms with Crippen molar-refractivity contribution in [3.63, 3.8) is 0 Å². The second kappa shape index (κ2) is 5.31. The van der Waals surface area contributed by atoms with Crippen molar-refractivity contribution < 1.29 is 4.74 Å². The summed E-state index contributed by atoms with van der Waals surface area (Å²) in [6.45, 7) is 6.24. The lowest BCUT2D eigenvalue weighted by Gasteiger charge is -2.32. The maximum absolute atomic E-state index is 5.46. The third kappa shape index (κ3) is 2.20. The topological polar surface area (TPSA) is 28.6 Å². The van der Waals surface area contributed by atoms with Gasteiger partial charge in [0.1, 0.15) is 0 Å². The van der Waals surface area contributed by atoms with Gasteiger partial charge in [-0.2, -0.15) is 0 Å². The minimum atomic E-state index is 0.682. The first-order valence-electron chi connectivity index (χ1n) is 7.31. The van der Waals surface area contributed by atoms with Crippen molar-refractivity contribution in [2.75, 3.05) is 44.3 Å². The molecule has 2 aliphatic heterocycles. The van der Waals surface area contributed by atoms with Gasteiger partial charge in [0.15, 0.2) is 0 Å². The predicted molar refractivity (Wildman–Crippen MR) is 82.6 cm³/mol. The highest BCUT2D eigenvalue weighted by Crippen LogP contribution is 2.32. The van der Waals surface area contributed by atoms with E-state index in [-0.39, 0.29) is 0 Å². The number of morpholine rings is 1. The van der Waals surface area contributed by atoms with E-state index in [0.717, 1.165) is 44.9 Å². The highest BCUT2D eigenvalue weighted by atomic mass is 32.1. The standard InChI is InChI=1S/C15H19N3OS/c1-4-16-13-3-10-20-15(13)14(1)18-5-2-12(11-18)17-6-8-19-9-7-17/h1,3-4,10,12H,2,5-9,11H2. The lowest BCUT2D eigenvalue weighted by molar-refractivity contribution is 0.0209. The molecule has 1 atom stereocenters. The van der Waals surface area contributed by atoms with Crippen LogP contribution in [-0.4, -0.2) is 55.3 Å². The Morgan fingerprint density at radius 2 is 2.10 bits per heavy atom. The Kier molecular flexibility index (Phi) is 3.34. The van der Waals surface area contributed by atoms with Gasteiger partial charge in [-0.15, -0.1) is 11.3 Å². The average Bonchev–Trinajstić information content (AvgIpc) is 3.17. The van der Waals surface area contributed by atoms with E-state index in [9.17, 15) is 0 Å². The molecule has 0 radical (unpaired) electrons. The molecule has 20 heavy (non-hydrogen) atoms. The van der Waals surface area contributed by atoms with Gasteiger partial charge in [-0.3, -0.25) is 9.88 Å². The Balaban J connectivity index is 1.54. The summed E-state index contributed by atoms with van der Waals surface area (Å²) >= 11 is 1.80. The molecule has 0 aliphatic carbocycles. The largest absolute Gasteiger partial charge is 0.379 e. The molecule has 4 heterocycles. The molecule has 4 nitrogen and oxygen atoms in total. The first-order valence-corrected chi connectivity index (χ1v) is 8.19. The number of anilines is 1. The second-order valence-corrected chi connectivity index (χ2v) is 6.42. The molecule has 0 bridgehead atoms. The van der Waals surface area contributed by atoms with Crippen LogP contribution in [0.2, 0.25) is 0 Å². The summed E-state index contributed by atoms with van der Waals surface area (Å²) < 4.78 is 6.78. The van der Waals surface area contributed by atoms with Crippen LogP contribution < -0.4 is 4.90 Å². The van der Waals surface area contributed by atoms with Crippen molar-refractivity contribution in [2.45, 2.75) is 12.5 Å². The van der Waals surface area contributed by atoms with Crippen molar-refractivity contribution >= 4 is 27.2 Å². The van der Waals surface area contributed by atoms with Crippen LogP contribution in [0.15, 0.2) is 23.7 Å². The molecule has 2 aromatic rings. The number of nitrogens with zero attached hydrogens (tertiary/aromatic N) is 3. The number of aromatic nitrogens is 1. The maximum Gasteiger partial charge on any atom is 0.0830 e. The van der Waals surface area contributed by atoms with E-state index in [4.69, 9.17) is 4.74 Å². The number of thiophene rings is 1. The fourth-order valence-corrected chi connectivity index (χ4v) is 4.20. The normalized spacial score (nSPS) is 24.6. The zero-order valence-electron chi connectivity index (χ0n) is 11.5. The number of hydrogen-bond donors (Lipinski definition) is 0. The molecule has 106 valence electrons. The van der Waals surface area contributed by atoms with E-state index in [1.54, 1.807) is 11.3 Å². The molecule has 0 aromatic carbocycles. The van der Waals surface area contributed by atoms with Gasteiger partial charge in [-0.25, -0.2) is 0 Å². The van der Waals surface area contributed by atoms with Gasteiger partial charge in [-0.05, 0) is 23.9 Å². The van der Waals surface area contributed by atoms with Crippen LogP contribution in [0.4, 0.5) is 5.69 Å². The Morgan fingerprint density at radius 3 is 3.00 bits per heavy atom. The third-order valence-corrected chi connectivity index (χ3v) is 5.32. The van der Waals surface area contributed by atoms with Crippen LogP contribution in [-0.2, 0) is 4.74 Å². The quantitative estimate of drug-likeness (QED) is 0.847. The van der Waals surface area contributed by atoms with E-state index in [0.29, 0.717) is 6.04 Å². The first-order chi connectivity index (χ1) is 9.92. The minimum absolute atomic E-state index is 0.682. The molecule has 2 fully saturated rings. The van der Waals surface area contributed by atoms with E-state index in [1.807, 2.05) is 6.20 Å². The van der Waals surface area contributed by atoms with Gasteiger partial charge in [0.05, 0.1) is 29.1 Å². The molecule has 0 saturated carbocycles. The van der Waals surface area contributed by atoms with Crippen molar-refractivity contribution in [2.24, 2.45) is 0 Å². The van der Waals surface area contributed by atoms with Gasteiger partial charge in [0.25, 0.3) is 0 Å². The summed E-state index contributed by atoms with van der Waals surface area (Å²) in [4.78, 5) is 9.56. The second-order valence-electron chi connectivity index (χ2n) is 5.50. The molecule has 0 N–H and O–H groups in total. The van der Waals surface area contributed by atoms with Crippen molar-refractivity contribution in [1.29, 1.82) is 0 Å². The number of fused-ring (bicyclic) bond motifs is 1. The smallest absolute Gasteiger partial charge is 0.0830 e. The first kappa shape index (κ1) is 12.6. The lowest BCUT2D eigenvalue weighted by Crippen LogP contribution is -2.44. The van der Waals surface area contributed by atoms with Gasteiger partial charge in [0, 0.05) is 38.4 Å². The van der Waals surface area contributed by atoms with Crippen LogP contribution in [0, 0.1) is 0 Å². The summed E-state index contributed by atoms with van der Waals surface area (Å²) in [6, 6.07) is 4.96. The Morgan fingerprint density at radius 1 is 1.20 bits per heavy atom. The summed E-state index contributed by atoms with van der Waals surface area (Å²) in [5.74, 6) is 0. The summed E-state index contributed by atoms with van der Waals surface area (Å²) in [5, 5.41) is 2.14. The van der Waals surface area contributed by atoms with Crippen molar-refractivity contribution in [3.8, 4) is 0 Å². The summed E-state index contributed by atoms with van der Waals surface area (Å²) in [7, 11) is 0. The molecule has 2 aliphatic rings. The molecule has 0 spiro atoms. The zero-order valence-corrected chi connectivity index (χ0v) is 12.3. The van der Waals surface area contributed by atoms with Crippen LogP contribution >= 0.6 is 11.3 Å². The summed E-state index contributed by atoms with van der Waals surface area (Å²) in [5.41, 5.74) is 2.49. The Labute approximate surface area is 123 Å². The van der Waals surface area contributed by atoms with E-state index in [2.05, 4.69) is 32.3 Å². The SMILES string of the molecule is c1cc(N2CCC(N3CCOCC3)C2)c2sccc2n1. The molecule has 2 saturated heterocycles. The highest BCUT2D eigenvalue weighted by molar-refractivity contribution is 7.17. The number of pyridine rings is 1. The zero-order chi connectivity index (χ0) is 13.4. The average molecular weight is 289 g/mol. The molecular weight excluding hydrogens is 270 g/mol. The monoisotopic (exact) mass is 289 g/mol. The van der Waals surface area contributed by atoms with Crippen molar-refractivity contribution in [1.82, 2.24) is 9.88 Å². The van der Waals surface area contributed by atoms with E-state index in [1.165, 1.54) is 16.8 Å². The van der Waals surface area contributed by atoms with Crippen LogP contribution in [0.3, 0.4) is 0 Å². The van der Waals surface area contributed by atoms with Crippen LogP contribution in [0.5, 0.6) is 0 Å². The highest BCUT2D eigenvalue weighted by Gasteiger charge is 2.29. The van der Waals surface area contributed by atoms with Crippen molar-refractivity contribution in [3.05, 3.63) is 23.7 Å². The number of ether oxygens (including phenoxy) is 1. The molecule has 0 amide bonds. The fourth-order valence-electron chi connectivity index (χ4n) is 3.31. The fraction of sp³-hybridized carbons (Fsp3) is 0.533. The van der Waals surface area contributed by atoms with Crippen LogP contribution in [0.1, 0.15) is 6.42 Å². The minimum Gasteiger partial charge on any atom is -0.379 e.